The SMILES string of the molecule is Cc1cnc(NC(C)(C)C)nc1Nc1cccc(S(=O)(=O)CC2CCCCC2)c1. The van der Waals surface area contributed by atoms with Gasteiger partial charge in [0.1, 0.15) is 5.82 Å². The lowest BCUT2D eigenvalue weighted by molar-refractivity contribution is 0.385. The van der Waals surface area contributed by atoms with E-state index in [-0.39, 0.29) is 17.2 Å². The van der Waals surface area contributed by atoms with Gasteiger partial charge in [0.05, 0.1) is 10.6 Å². The highest BCUT2D eigenvalue weighted by Gasteiger charge is 2.23. The van der Waals surface area contributed by atoms with E-state index in [2.05, 4.69) is 20.6 Å². The maximum absolute atomic E-state index is 12.9. The number of anilines is 3. The summed E-state index contributed by atoms with van der Waals surface area (Å²) in [7, 11) is -3.30. The molecule has 2 aromatic rings. The molecule has 1 aromatic heterocycles. The highest BCUT2D eigenvalue weighted by atomic mass is 32.2. The molecular weight excluding hydrogens is 384 g/mol. The molecule has 0 amide bonds. The number of rotatable bonds is 6. The maximum atomic E-state index is 12.9. The zero-order chi connectivity index (χ0) is 21.1. The van der Waals surface area contributed by atoms with E-state index in [9.17, 15) is 8.42 Å². The average Bonchev–Trinajstić information content (AvgIpc) is 2.64. The Hall–Kier alpha value is -2.15. The van der Waals surface area contributed by atoms with Crippen molar-refractivity contribution in [2.75, 3.05) is 16.4 Å². The lowest BCUT2D eigenvalue weighted by atomic mass is 9.91. The summed E-state index contributed by atoms with van der Waals surface area (Å²) < 4.78 is 25.8. The van der Waals surface area contributed by atoms with Gasteiger partial charge in [0.15, 0.2) is 9.84 Å². The van der Waals surface area contributed by atoms with Crippen LogP contribution in [0, 0.1) is 12.8 Å². The fourth-order valence-corrected chi connectivity index (χ4v) is 5.37. The van der Waals surface area contributed by atoms with E-state index in [0.717, 1.165) is 31.2 Å². The number of hydrogen-bond acceptors (Lipinski definition) is 6. The van der Waals surface area contributed by atoms with Crippen LogP contribution < -0.4 is 10.6 Å². The van der Waals surface area contributed by atoms with E-state index in [4.69, 9.17) is 0 Å². The standard InChI is InChI=1S/C22H32N4O2S/c1-16-14-23-21(26-22(2,3)4)25-20(16)24-18-11-8-12-19(13-18)29(27,28)15-17-9-6-5-7-10-17/h8,11-14,17H,5-7,9-10,15H2,1-4H3,(H2,23,24,25,26). The normalized spacial score (nSPS) is 15.9. The fraction of sp³-hybridized carbons (Fsp3) is 0.545. The lowest BCUT2D eigenvalue weighted by Crippen LogP contribution is -2.27. The van der Waals surface area contributed by atoms with Crippen molar-refractivity contribution in [2.24, 2.45) is 5.92 Å². The lowest BCUT2D eigenvalue weighted by Gasteiger charge is -2.22. The Balaban J connectivity index is 1.78. The minimum absolute atomic E-state index is 0.153. The third-order valence-corrected chi connectivity index (χ3v) is 6.98. The van der Waals surface area contributed by atoms with Crippen LogP contribution in [0.5, 0.6) is 0 Å². The van der Waals surface area contributed by atoms with Crippen molar-refractivity contribution < 1.29 is 8.42 Å². The van der Waals surface area contributed by atoms with Gasteiger partial charge < -0.3 is 10.6 Å². The third-order valence-electron chi connectivity index (χ3n) is 5.09. The van der Waals surface area contributed by atoms with Crippen molar-refractivity contribution in [2.45, 2.75) is 70.2 Å². The molecule has 6 nitrogen and oxygen atoms in total. The molecule has 7 heteroatoms. The van der Waals surface area contributed by atoms with Gasteiger partial charge in [-0.15, -0.1) is 0 Å². The Bertz CT molecular complexity index is 946. The number of aromatic nitrogens is 2. The number of aryl methyl sites for hydroxylation is 1. The molecule has 3 rings (SSSR count). The average molecular weight is 417 g/mol. The second kappa shape index (κ2) is 8.69. The van der Waals surface area contributed by atoms with Crippen LogP contribution >= 0.6 is 0 Å². The highest BCUT2D eigenvalue weighted by Crippen LogP contribution is 2.28. The number of nitrogens with zero attached hydrogens (tertiary/aromatic N) is 2. The van der Waals surface area contributed by atoms with Gasteiger partial charge in [0, 0.05) is 23.0 Å². The molecule has 1 heterocycles. The van der Waals surface area contributed by atoms with Crippen LogP contribution in [0.3, 0.4) is 0 Å². The van der Waals surface area contributed by atoms with Crippen LogP contribution in [0.25, 0.3) is 0 Å². The van der Waals surface area contributed by atoms with E-state index in [1.54, 1.807) is 24.4 Å². The molecule has 1 aliphatic rings. The number of hydrogen-bond donors (Lipinski definition) is 2. The van der Waals surface area contributed by atoms with Gasteiger partial charge in [0.25, 0.3) is 0 Å². The maximum Gasteiger partial charge on any atom is 0.225 e. The predicted molar refractivity (Wildman–Crippen MR) is 118 cm³/mol. The zero-order valence-corrected chi connectivity index (χ0v) is 18.6. The minimum atomic E-state index is -3.30. The van der Waals surface area contributed by atoms with Crippen molar-refractivity contribution >= 4 is 27.3 Å². The Morgan fingerprint density at radius 1 is 1.14 bits per heavy atom. The summed E-state index contributed by atoms with van der Waals surface area (Å²) in [6.45, 7) is 8.06. The van der Waals surface area contributed by atoms with Gasteiger partial charge in [-0.3, -0.25) is 0 Å². The van der Waals surface area contributed by atoms with Crippen LogP contribution in [-0.2, 0) is 9.84 Å². The van der Waals surface area contributed by atoms with Crippen molar-refractivity contribution in [3.05, 3.63) is 36.0 Å². The quantitative estimate of drug-likeness (QED) is 0.682. The Kier molecular flexibility index (Phi) is 6.46. The first kappa shape index (κ1) is 21.6. The molecule has 0 radical (unpaired) electrons. The Morgan fingerprint density at radius 2 is 1.86 bits per heavy atom. The Labute approximate surface area is 174 Å². The summed E-state index contributed by atoms with van der Waals surface area (Å²) >= 11 is 0. The van der Waals surface area contributed by atoms with Gasteiger partial charge in [-0.25, -0.2) is 13.4 Å². The smallest absolute Gasteiger partial charge is 0.225 e. The van der Waals surface area contributed by atoms with Gasteiger partial charge in [-0.1, -0.05) is 25.3 Å². The van der Waals surface area contributed by atoms with Crippen molar-refractivity contribution in [3.63, 3.8) is 0 Å². The van der Waals surface area contributed by atoms with E-state index < -0.39 is 9.84 Å². The monoisotopic (exact) mass is 416 g/mol. The molecular formula is C22H32N4O2S. The summed E-state index contributed by atoms with van der Waals surface area (Å²) in [5, 5.41) is 6.52. The van der Waals surface area contributed by atoms with E-state index in [1.807, 2.05) is 33.8 Å². The molecule has 1 saturated carbocycles. The molecule has 29 heavy (non-hydrogen) atoms. The van der Waals surface area contributed by atoms with Crippen molar-refractivity contribution in [1.29, 1.82) is 0 Å². The molecule has 1 aromatic carbocycles. The third kappa shape index (κ3) is 6.16. The topological polar surface area (TPSA) is 84.0 Å². The molecule has 2 N–H and O–H groups in total. The molecule has 1 fully saturated rings. The van der Waals surface area contributed by atoms with Crippen LogP contribution in [0.15, 0.2) is 35.4 Å². The van der Waals surface area contributed by atoms with Gasteiger partial charge in [-0.05, 0) is 64.7 Å². The summed E-state index contributed by atoms with van der Waals surface area (Å²) in [4.78, 5) is 9.25. The van der Waals surface area contributed by atoms with Crippen molar-refractivity contribution in [3.8, 4) is 0 Å². The number of benzene rings is 1. The molecule has 0 spiro atoms. The molecule has 0 saturated heterocycles. The summed E-state index contributed by atoms with van der Waals surface area (Å²) in [6.07, 6.45) is 7.29. The second-order valence-electron chi connectivity index (χ2n) is 9.04. The molecule has 0 atom stereocenters. The largest absolute Gasteiger partial charge is 0.350 e. The van der Waals surface area contributed by atoms with Crippen LogP contribution in [0.2, 0.25) is 0 Å². The zero-order valence-electron chi connectivity index (χ0n) is 17.8. The first-order chi connectivity index (χ1) is 13.6. The summed E-state index contributed by atoms with van der Waals surface area (Å²) in [5.74, 6) is 1.71. The number of sulfone groups is 1. The number of nitrogens with one attached hydrogen (secondary N) is 2. The van der Waals surface area contributed by atoms with Crippen LogP contribution in [0.4, 0.5) is 17.5 Å². The minimum Gasteiger partial charge on any atom is -0.350 e. The van der Waals surface area contributed by atoms with Crippen LogP contribution in [0.1, 0.15) is 58.4 Å². The summed E-state index contributed by atoms with van der Waals surface area (Å²) in [6, 6.07) is 7.03. The van der Waals surface area contributed by atoms with Crippen molar-refractivity contribution in [1.82, 2.24) is 9.97 Å². The fourth-order valence-electron chi connectivity index (χ4n) is 3.63. The van der Waals surface area contributed by atoms with E-state index >= 15 is 0 Å². The highest BCUT2D eigenvalue weighted by molar-refractivity contribution is 7.91. The molecule has 1 aliphatic carbocycles. The first-order valence-corrected chi connectivity index (χ1v) is 12.0. The molecule has 0 bridgehead atoms. The predicted octanol–water partition coefficient (Wildman–Crippen LogP) is 5.09. The second-order valence-corrected chi connectivity index (χ2v) is 11.1. The summed E-state index contributed by atoms with van der Waals surface area (Å²) in [5.41, 5.74) is 1.44. The van der Waals surface area contributed by atoms with Gasteiger partial charge >= 0.3 is 0 Å². The Morgan fingerprint density at radius 3 is 2.55 bits per heavy atom. The molecule has 158 valence electrons. The van der Waals surface area contributed by atoms with E-state index in [0.29, 0.717) is 22.3 Å². The van der Waals surface area contributed by atoms with Gasteiger partial charge in [0.2, 0.25) is 5.95 Å². The molecule has 0 aliphatic heterocycles. The first-order valence-electron chi connectivity index (χ1n) is 10.3. The molecule has 0 unspecified atom stereocenters. The van der Waals surface area contributed by atoms with Gasteiger partial charge in [-0.2, -0.15) is 4.98 Å². The van der Waals surface area contributed by atoms with E-state index in [1.165, 1.54) is 6.42 Å². The van der Waals surface area contributed by atoms with Crippen LogP contribution in [-0.4, -0.2) is 29.7 Å².